The van der Waals surface area contributed by atoms with Crippen molar-refractivity contribution in [3.63, 3.8) is 0 Å². The van der Waals surface area contributed by atoms with E-state index < -0.39 is 12.0 Å². The standard InChI is InChI=1S/C24H32N4O2/c1-7-9-20(24(29)30)28-13-15(5)21-23(28)25-16(6)22(27-21)17-10-11-19(14(3)4)26-18(8-2)12-17/h10-11,13-14,20H,7-9,12H2,1-6H3,(H,29,30). The van der Waals surface area contributed by atoms with Gasteiger partial charge in [0.15, 0.2) is 5.65 Å². The number of allylic oxidation sites excluding steroid dienone is 4. The highest BCUT2D eigenvalue weighted by atomic mass is 16.4. The van der Waals surface area contributed by atoms with Gasteiger partial charge in [0.25, 0.3) is 0 Å². The second-order valence-corrected chi connectivity index (χ2v) is 8.34. The number of nitrogens with zero attached hydrogens (tertiary/aromatic N) is 4. The molecule has 0 saturated heterocycles. The Balaban J connectivity index is 2.13. The zero-order valence-electron chi connectivity index (χ0n) is 18.9. The van der Waals surface area contributed by atoms with Crippen LogP contribution >= 0.6 is 0 Å². The lowest BCUT2D eigenvalue weighted by Crippen LogP contribution is -2.18. The third-order valence-corrected chi connectivity index (χ3v) is 5.63. The fraction of sp³-hybridized carbons (Fsp3) is 0.500. The highest BCUT2D eigenvalue weighted by Crippen LogP contribution is 2.30. The summed E-state index contributed by atoms with van der Waals surface area (Å²) in [6.45, 7) is 12.3. The minimum absolute atomic E-state index is 0.361. The van der Waals surface area contributed by atoms with E-state index in [4.69, 9.17) is 15.0 Å². The van der Waals surface area contributed by atoms with Gasteiger partial charge in [0, 0.05) is 24.0 Å². The number of hydrogen-bond acceptors (Lipinski definition) is 4. The first-order chi connectivity index (χ1) is 14.3. The lowest BCUT2D eigenvalue weighted by Gasteiger charge is -2.15. The number of carboxylic acids is 1. The lowest BCUT2D eigenvalue weighted by atomic mass is 10.0. The first-order valence-electron chi connectivity index (χ1n) is 10.8. The van der Waals surface area contributed by atoms with E-state index in [-0.39, 0.29) is 0 Å². The molecule has 0 aromatic carbocycles. The van der Waals surface area contributed by atoms with Crippen LogP contribution in [0.15, 0.2) is 29.0 Å². The predicted octanol–water partition coefficient (Wildman–Crippen LogP) is 5.65. The van der Waals surface area contributed by atoms with Gasteiger partial charge in [-0.1, -0.05) is 40.2 Å². The molecule has 0 spiro atoms. The van der Waals surface area contributed by atoms with E-state index in [9.17, 15) is 9.90 Å². The molecule has 6 nitrogen and oxygen atoms in total. The molecule has 0 saturated carbocycles. The van der Waals surface area contributed by atoms with Gasteiger partial charge < -0.3 is 9.67 Å². The maximum Gasteiger partial charge on any atom is 0.326 e. The van der Waals surface area contributed by atoms with Crippen LogP contribution in [-0.4, -0.2) is 31.3 Å². The molecule has 6 heteroatoms. The minimum Gasteiger partial charge on any atom is -0.480 e. The van der Waals surface area contributed by atoms with Crippen LogP contribution in [-0.2, 0) is 4.79 Å². The summed E-state index contributed by atoms with van der Waals surface area (Å²) >= 11 is 0. The third-order valence-electron chi connectivity index (χ3n) is 5.63. The fourth-order valence-electron chi connectivity index (χ4n) is 3.89. The molecule has 3 rings (SSSR count). The van der Waals surface area contributed by atoms with Gasteiger partial charge in [0.1, 0.15) is 11.6 Å². The Morgan fingerprint density at radius 1 is 1.20 bits per heavy atom. The molecule has 1 aliphatic heterocycles. The number of aryl methyl sites for hydroxylation is 2. The summed E-state index contributed by atoms with van der Waals surface area (Å²) < 4.78 is 1.78. The molecule has 0 aliphatic carbocycles. The van der Waals surface area contributed by atoms with Crippen molar-refractivity contribution in [2.45, 2.75) is 73.3 Å². The van der Waals surface area contributed by atoms with E-state index in [1.54, 1.807) is 4.57 Å². The molecule has 0 amide bonds. The fourth-order valence-corrected chi connectivity index (χ4v) is 3.89. The average Bonchev–Trinajstić information content (AvgIpc) is 2.88. The maximum absolute atomic E-state index is 11.8. The van der Waals surface area contributed by atoms with Crippen molar-refractivity contribution in [2.24, 2.45) is 10.9 Å². The van der Waals surface area contributed by atoms with Crippen LogP contribution < -0.4 is 0 Å². The molecule has 0 bridgehead atoms. The Bertz CT molecular complexity index is 1060. The highest BCUT2D eigenvalue weighted by molar-refractivity contribution is 5.96. The topological polar surface area (TPSA) is 80.4 Å². The number of carbonyl (C=O) groups is 1. The Hall–Kier alpha value is -2.76. The van der Waals surface area contributed by atoms with Gasteiger partial charge in [-0.15, -0.1) is 0 Å². The van der Waals surface area contributed by atoms with Crippen LogP contribution in [0.4, 0.5) is 0 Å². The van der Waals surface area contributed by atoms with Crippen LogP contribution in [0.1, 0.15) is 76.4 Å². The molecule has 0 radical (unpaired) electrons. The van der Waals surface area contributed by atoms with E-state index in [2.05, 4.69) is 32.9 Å². The smallest absolute Gasteiger partial charge is 0.326 e. The third kappa shape index (κ3) is 4.23. The highest BCUT2D eigenvalue weighted by Gasteiger charge is 2.24. The lowest BCUT2D eigenvalue weighted by molar-refractivity contribution is -0.141. The van der Waals surface area contributed by atoms with Crippen molar-refractivity contribution in [1.82, 2.24) is 14.5 Å². The van der Waals surface area contributed by atoms with E-state index in [0.717, 1.165) is 58.7 Å². The van der Waals surface area contributed by atoms with E-state index in [1.165, 1.54) is 0 Å². The van der Waals surface area contributed by atoms with Gasteiger partial charge >= 0.3 is 5.97 Å². The van der Waals surface area contributed by atoms with Crippen molar-refractivity contribution in [3.8, 4) is 0 Å². The first-order valence-corrected chi connectivity index (χ1v) is 10.8. The average molecular weight is 409 g/mol. The van der Waals surface area contributed by atoms with Crippen LogP contribution in [0.5, 0.6) is 0 Å². The molecular weight excluding hydrogens is 376 g/mol. The Labute approximate surface area is 178 Å². The summed E-state index contributed by atoms with van der Waals surface area (Å²) in [7, 11) is 0. The Morgan fingerprint density at radius 3 is 2.53 bits per heavy atom. The number of hydrogen-bond donors (Lipinski definition) is 1. The summed E-state index contributed by atoms with van der Waals surface area (Å²) in [5.74, 6) is -0.474. The van der Waals surface area contributed by atoms with Crippen molar-refractivity contribution in [3.05, 3.63) is 41.0 Å². The van der Waals surface area contributed by atoms with Crippen LogP contribution in [0.25, 0.3) is 16.7 Å². The van der Waals surface area contributed by atoms with Crippen molar-refractivity contribution in [2.75, 3.05) is 0 Å². The molecule has 2 aromatic heterocycles. The van der Waals surface area contributed by atoms with Gasteiger partial charge in [-0.05, 0) is 49.8 Å². The number of aromatic nitrogens is 3. The molecule has 160 valence electrons. The SMILES string of the molecule is CCCC(C(=O)O)n1cc(C)c2nc(C3=CC=C(C(C)C)N=C(CC)C3)c(C)nc21. The monoisotopic (exact) mass is 408 g/mol. The largest absolute Gasteiger partial charge is 0.480 e. The molecule has 0 fully saturated rings. The van der Waals surface area contributed by atoms with Crippen LogP contribution in [0.2, 0.25) is 0 Å². The quantitative estimate of drug-likeness (QED) is 0.642. The first kappa shape index (κ1) is 21.9. The molecule has 1 atom stereocenters. The number of carboxylic acid groups (broad SMARTS) is 1. The van der Waals surface area contributed by atoms with Gasteiger partial charge in [-0.3, -0.25) is 4.99 Å². The summed E-state index contributed by atoms with van der Waals surface area (Å²) in [5, 5.41) is 9.71. The summed E-state index contributed by atoms with van der Waals surface area (Å²) in [5.41, 5.74) is 7.37. The van der Waals surface area contributed by atoms with E-state index in [1.807, 2.05) is 27.0 Å². The van der Waals surface area contributed by atoms with Crippen molar-refractivity contribution < 1.29 is 9.90 Å². The second-order valence-electron chi connectivity index (χ2n) is 8.34. The second kappa shape index (κ2) is 8.94. The molecule has 3 heterocycles. The van der Waals surface area contributed by atoms with Crippen LogP contribution in [0, 0.1) is 19.8 Å². The minimum atomic E-state index is -0.834. The zero-order chi connectivity index (χ0) is 22.0. The molecule has 1 N–H and O–H groups in total. The van der Waals surface area contributed by atoms with E-state index >= 15 is 0 Å². The molecule has 2 aromatic rings. The van der Waals surface area contributed by atoms with Gasteiger partial charge in [-0.2, -0.15) is 0 Å². The Kier molecular flexibility index (Phi) is 6.54. The van der Waals surface area contributed by atoms with Crippen LogP contribution in [0.3, 0.4) is 0 Å². The number of aliphatic carboxylic acids is 1. The van der Waals surface area contributed by atoms with Gasteiger partial charge in [0.05, 0.1) is 11.4 Å². The summed E-state index contributed by atoms with van der Waals surface area (Å²) in [6.07, 6.45) is 9.07. The predicted molar refractivity (Wildman–Crippen MR) is 122 cm³/mol. The number of aliphatic imine (C=N–C) groups is 1. The van der Waals surface area contributed by atoms with Gasteiger partial charge in [-0.25, -0.2) is 14.8 Å². The summed E-state index contributed by atoms with van der Waals surface area (Å²) in [4.78, 5) is 26.5. The van der Waals surface area contributed by atoms with Crippen molar-refractivity contribution >= 4 is 28.4 Å². The molecule has 1 aliphatic rings. The normalized spacial score (nSPS) is 15.6. The van der Waals surface area contributed by atoms with E-state index in [0.29, 0.717) is 18.0 Å². The van der Waals surface area contributed by atoms with Crippen molar-refractivity contribution in [1.29, 1.82) is 0 Å². The van der Waals surface area contributed by atoms with Gasteiger partial charge in [0.2, 0.25) is 0 Å². The molecule has 1 unspecified atom stereocenters. The molecule has 30 heavy (non-hydrogen) atoms. The molecular formula is C24H32N4O2. The Morgan fingerprint density at radius 2 is 1.93 bits per heavy atom. The zero-order valence-corrected chi connectivity index (χ0v) is 18.9. The number of fused-ring (bicyclic) bond motifs is 1. The number of rotatable bonds is 7. The summed E-state index contributed by atoms with van der Waals surface area (Å²) in [6, 6.07) is -0.627. The maximum atomic E-state index is 11.8.